The number of carbonyl (C=O) groups excluding carboxylic acids is 1. The number of carbonyl (C=O) groups is 1. The van der Waals surface area contributed by atoms with Gasteiger partial charge in [0.15, 0.2) is 5.82 Å². The summed E-state index contributed by atoms with van der Waals surface area (Å²) < 4.78 is 62.4. The Balaban J connectivity index is 1.81. The molecule has 0 radical (unpaired) electrons. The third-order valence-corrected chi connectivity index (χ3v) is 7.32. The monoisotopic (exact) mass is 646 g/mol. The second kappa shape index (κ2) is 12.8. The van der Waals surface area contributed by atoms with Crippen LogP contribution in [0, 0.1) is 17.0 Å². The number of fused-ring (bicyclic) bond motifs is 1. The van der Waals surface area contributed by atoms with Gasteiger partial charge >= 0.3 is 5.97 Å². The molecule has 1 aliphatic heterocycles. The first-order chi connectivity index (χ1) is 22.2. The lowest BCUT2D eigenvalue weighted by Crippen LogP contribution is -2.28. The highest BCUT2D eigenvalue weighted by molar-refractivity contribution is 7.85. The molecule has 0 unspecified atom stereocenters. The fraction of sp³-hybridized carbons (Fsp3) is 0.448. The van der Waals surface area contributed by atoms with Crippen molar-refractivity contribution in [2.75, 3.05) is 55.2 Å². The molecule has 0 amide bonds. The number of nitrogens with one attached hydrogen (secondary N) is 1. The van der Waals surface area contributed by atoms with E-state index in [1.165, 1.54) is 13.3 Å². The highest BCUT2D eigenvalue weighted by atomic mass is 32.2. The Morgan fingerprint density at radius 1 is 1.29 bits per heavy atom. The number of aromatic nitrogens is 3. The lowest BCUT2D eigenvalue weighted by Gasteiger charge is -2.24. The molecular formula is C29H37N7O8S. The molecule has 3 heterocycles. The summed E-state index contributed by atoms with van der Waals surface area (Å²) in [6.45, 7) is 5.74. The summed E-state index contributed by atoms with van der Waals surface area (Å²) in [6.07, 6.45) is 1.66. The van der Waals surface area contributed by atoms with Gasteiger partial charge in [0.1, 0.15) is 17.0 Å². The van der Waals surface area contributed by atoms with E-state index in [0.29, 0.717) is 11.4 Å². The van der Waals surface area contributed by atoms with Crippen LogP contribution in [0.2, 0.25) is 0 Å². The van der Waals surface area contributed by atoms with Crippen LogP contribution in [0.15, 0.2) is 30.5 Å². The molecule has 0 aliphatic carbocycles. The summed E-state index contributed by atoms with van der Waals surface area (Å²) in [7, 11) is -2.63. The molecule has 15 nitrogen and oxygen atoms in total. The first-order valence-corrected chi connectivity index (χ1v) is 15.6. The first-order valence-electron chi connectivity index (χ1n) is 15.3. The van der Waals surface area contributed by atoms with Crippen LogP contribution in [0.25, 0.3) is 0 Å². The van der Waals surface area contributed by atoms with Gasteiger partial charge in [-0.15, -0.1) is 0 Å². The highest BCUT2D eigenvalue weighted by Gasteiger charge is 2.40. The minimum absolute atomic E-state index is 0.00808. The van der Waals surface area contributed by atoms with Gasteiger partial charge in [0.2, 0.25) is 5.95 Å². The van der Waals surface area contributed by atoms with E-state index in [9.17, 15) is 23.3 Å². The standard InChI is InChI=1S/C29H37N7O8S/c1-17(2)44-27(37)19-15-30-28(33-26(19)35-16-29(4,5)25-21(35)10-9-18(3)31-25)32-20-13-23(36(38)39)22(14-24(20)42-7)34(6)11-12-43-45(8,40)41/h9-10,13-15,17H,11-12,16H2,1-8H3,(H,30,32,33)/i6D3. The number of hydrogen-bond donors (Lipinski definition) is 1. The molecule has 0 saturated carbocycles. The fourth-order valence-corrected chi connectivity index (χ4v) is 5.15. The van der Waals surface area contributed by atoms with Crippen LogP contribution in [-0.4, -0.2) is 80.4 Å². The first kappa shape index (κ1) is 29.2. The quantitative estimate of drug-likeness (QED) is 0.128. The van der Waals surface area contributed by atoms with Gasteiger partial charge in [-0.3, -0.25) is 19.3 Å². The minimum atomic E-state index is -3.91. The molecule has 2 aromatic heterocycles. The number of pyridine rings is 1. The molecule has 45 heavy (non-hydrogen) atoms. The van der Waals surface area contributed by atoms with Crippen molar-refractivity contribution in [2.45, 2.75) is 46.1 Å². The number of benzene rings is 1. The number of nitro benzene ring substituents is 1. The van der Waals surface area contributed by atoms with Crippen molar-refractivity contribution in [3.63, 3.8) is 0 Å². The Labute approximate surface area is 266 Å². The predicted octanol–water partition coefficient (Wildman–Crippen LogP) is 4.25. The van der Waals surface area contributed by atoms with Gasteiger partial charge in [-0.25, -0.2) is 9.78 Å². The van der Waals surface area contributed by atoms with Gasteiger partial charge in [0, 0.05) is 53.6 Å². The zero-order valence-corrected chi connectivity index (χ0v) is 26.8. The Kier molecular flexibility index (Phi) is 8.30. The smallest absolute Gasteiger partial charge is 0.343 e. The fourth-order valence-electron chi connectivity index (χ4n) is 4.78. The van der Waals surface area contributed by atoms with E-state index in [4.69, 9.17) is 18.6 Å². The van der Waals surface area contributed by atoms with Crippen molar-refractivity contribution < 1.29 is 35.9 Å². The van der Waals surface area contributed by atoms with Crippen LogP contribution < -0.4 is 19.9 Å². The maximum Gasteiger partial charge on any atom is 0.343 e. The van der Waals surface area contributed by atoms with Crippen molar-refractivity contribution in [1.29, 1.82) is 0 Å². The number of hydrogen-bond acceptors (Lipinski definition) is 14. The van der Waals surface area contributed by atoms with Crippen LogP contribution >= 0.6 is 0 Å². The van der Waals surface area contributed by atoms with Gasteiger partial charge in [0.25, 0.3) is 15.8 Å². The molecule has 3 aromatic rings. The minimum Gasteiger partial charge on any atom is -0.494 e. The van der Waals surface area contributed by atoms with Crippen LogP contribution in [0.4, 0.5) is 34.5 Å². The second-order valence-electron chi connectivity index (χ2n) is 11.3. The highest BCUT2D eigenvalue weighted by Crippen LogP contribution is 2.44. The van der Waals surface area contributed by atoms with Crippen molar-refractivity contribution in [2.24, 2.45) is 0 Å². The van der Waals surface area contributed by atoms with E-state index in [0.717, 1.165) is 35.5 Å². The largest absolute Gasteiger partial charge is 0.494 e. The number of aryl methyl sites for hydroxylation is 1. The van der Waals surface area contributed by atoms with E-state index in [2.05, 4.69) is 19.5 Å². The van der Waals surface area contributed by atoms with Gasteiger partial charge in [0.05, 0.1) is 48.1 Å². The van der Waals surface area contributed by atoms with Crippen LogP contribution in [0.5, 0.6) is 5.75 Å². The molecule has 0 fully saturated rings. The van der Waals surface area contributed by atoms with Gasteiger partial charge in [-0.2, -0.15) is 13.4 Å². The molecular weight excluding hydrogens is 606 g/mol. The topological polar surface area (TPSA) is 179 Å². The summed E-state index contributed by atoms with van der Waals surface area (Å²) in [5.74, 6) is -0.526. The van der Waals surface area contributed by atoms with Crippen LogP contribution in [0.1, 0.15) is 53.6 Å². The van der Waals surface area contributed by atoms with Crippen LogP contribution in [-0.2, 0) is 24.5 Å². The molecule has 16 heteroatoms. The Morgan fingerprint density at radius 3 is 2.64 bits per heavy atom. The van der Waals surface area contributed by atoms with E-state index in [1.807, 2.05) is 37.8 Å². The number of rotatable bonds is 12. The van der Waals surface area contributed by atoms with Gasteiger partial charge in [-0.1, -0.05) is 13.8 Å². The average Bonchev–Trinajstić information content (AvgIpc) is 3.23. The number of ether oxygens (including phenoxy) is 2. The molecule has 1 aliphatic rings. The van der Waals surface area contributed by atoms with E-state index in [-0.39, 0.29) is 34.5 Å². The van der Waals surface area contributed by atoms with Gasteiger partial charge < -0.3 is 24.6 Å². The summed E-state index contributed by atoms with van der Waals surface area (Å²) >= 11 is 0. The Bertz CT molecular complexity index is 1840. The normalized spacial score (nSPS) is 15.1. The van der Waals surface area contributed by atoms with Crippen LogP contribution in [0.3, 0.4) is 0 Å². The number of nitro groups is 1. The predicted molar refractivity (Wildman–Crippen MR) is 169 cm³/mol. The SMILES string of the molecule is [2H]C([2H])([2H])N(CCOS(C)(=O)=O)c1cc(OC)c(Nc2ncc(C(=O)OC(C)C)c(N3CC(C)(C)c4nc(C)ccc43)n2)cc1[N+](=O)[O-]. The number of anilines is 5. The summed E-state index contributed by atoms with van der Waals surface area (Å²) in [4.78, 5) is 40.8. The molecule has 0 bridgehead atoms. The summed E-state index contributed by atoms with van der Waals surface area (Å²) in [6, 6.07) is 5.92. The zero-order chi connectivity index (χ0) is 35.8. The number of likely N-dealkylation sites (N-methyl/N-ethyl adjacent to an activating group) is 1. The second-order valence-corrected chi connectivity index (χ2v) is 12.9. The lowest BCUT2D eigenvalue weighted by molar-refractivity contribution is -0.384. The molecule has 1 N–H and O–H groups in total. The third-order valence-electron chi connectivity index (χ3n) is 6.73. The summed E-state index contributed by atoms with van der Waals surface area (Å²) in [5.41, 5.74) is 1.04. The van der Waals surface area contributed by atoms with Crippen molar-refractivity contribution in [3.05, 3.63) is 57.5 Å². The Hall–Kier alpha value is -4.57. The molecule has 242 valence electrons. The molecule has 0 spiro atoms. The van der Waals surface area contributed by atoms with Crippen molar-refractivity contribution in [1.82, 2.24) is 15.0 Å². The average molecular weight is 647 g/mol. The van der Waals surface area contributed by atoms with Gasteiger partial charge in [-0.05, 0) is 32.9 Å². The molecule has 0 atom stereocenters. The molecule has 4 rings (SSSR count). The molecule has 0 saturated heterocycles. The Morgan fingerprint density at radius 2 is 2.02 bits per heavy atom. The van der Waals surface area contributed by atoms with E-state index < -0.39 is 58.3 Å². The zero-order valence-electron chi connectivity index (χ0n) is 28.9. The van der Waals surface area contributed by atoms with Crippen molar-refractivity contribution >= 4 is 50.6 Å². The number of esters is 1. The third kappa shape index (κ3) is 7.57. The van der Waals surface area contributed by atoms with E-state index >= 15 is 0 Å². The molecule has 1 aromatic carbocycles. The van der Waals surface area contributed by atoms with E-state index in [1.54, 1.807) is 13.8 Å². The number of nitrogens with zero attached hydrogens (tertiary/aromatic N) is 6. The maximum absolute atomic E-state index is 13.2. The maximum atomic E-state index is 13.2. The van der Waals surface area contributed by atoms with Crippen molar-refractivity contribution in [3.8, 4) is 5.75 Å². The summed E-state index contributed by atoms with van der Waals surface area (Å²) in [5, 5.41) is 15.1. The number of methoxy groups -OCH3 is 1. The lowest BCUT2D eigenvalue weighted by atomic mass is 9.91.